The van der Waals surface area contributed by atoms with E-state index < -0.39 is 15.7 Å². The van der Waals surface area contributed by atoms with Crippen molar-refractivity contribution in [2.24, 2.45) is 0 Å². The molecule has 2 saturated heterocycles. The Labute approximate surface area is 263 Å². The molecule has 0 radical (unpaired) electrons. The van der Waals surface area contributed by atoms with Crippen LogP contribution in [0.15, 0.2) is 75.7 Å². The maximum atomic E-state index is 14.8. The maximum Gasteiger partial charge on any atom is 0.262 e. The number of halogens is 2. The van der Waals surface area contributed by atoms with Gasteiger partial charge in [0.1, 0.15) is 11.5 Å². The first kappa shape index (κ1) is 31.0. The molecule has 2 aliphatic rings. The molecule has 5 rings (SSSR count). The summed E-state index contributed by atoms with van der Waals surface area (Å²) < 4.78 is 39.3. The van der Waals surface area contributed by atoms with Crippen LogP contribution in [0.4, 0.5) is 0 Å². The van der Waals surface area contributed by atoms with Crippen LogP contribution in [0, 0.1) is 0 Å². The molecule has 0 saturated carbocycles. The highest BCUT2D eigenvalue weighted by Gasteiger charge is 2.54. The summed E-state index contributed by atoms with van der Waals surface area (Å²) in [4.78, 5) is 16.5. The molecule has 3 aromatic carbocycles. The van der Waals surface area contributed by atoms with Crippen LogP contribution >= 0.6 is 31.9 Å². The molecule has 1 amide bonds. The van der Waals surface area contributed by atoms with E-state index in [2.05, 4.69) is 42.5 Å². The van der Waals surface area contributed by atoms with Gasteiger partial charge in [0, 0.05) is 46.8 Å². The Kier molecular flexibility index (Phi) is 9.31. The fourth-order valence-electron chi connectivity index (χ4n) is 5.64. The van der Waals surface area contributed by atoms with Gasteiger partial charge in [0.2, 0.25) is 10.0 Å². The highest BCUT2D eigenvalue weighted by Crippen LogP contribution is 2.45. The second-order valence-electron chi connectivity index (χ2n) is 10.3. The number of rotatable bonds is 8. The van der Waals surface area contributed by atoms with Gasteiger partial charge in [0.25, 0.3) is 5.91 Å². The van der Waals surface area contributed by atoms with Gasteiger partial charge >= 0.3 is 0 Å². The van der Waals surface area contributed by atoms with Crippen molar-refractivity contribution in [3.63, 3.8) is 0 Å². The Hall–Kier alpha value is -2.48. The van der Waals surface area contributed by atoms with Crippen LogP contribution in [0.1, 0.15) is 35.7 Å². The van der Waals surface area contributed by atoms with Gasteiger partial charge in [-0.15, -0.1) is 0 Å². The number of hydrogen-bond acceptors (Lipinski definition) is 7. The molecule has 0 aromatic heterocycles. The van der Waals surface area contributed by atoms with E-state index in [0.29, 0.717) is 23.7 Å². The molecule has 224 valence electrons. The molecule has 0 bridgehead atoms. The number of nitrogens with zero attached hydrogens (tertiary/aromatic N) is 2. The molecule has 12 heteroatoms. The summed E-state index contributed by atoms with van der Waals surface area (Å²) in [6.45, 7) is 3.28. The molecule has 2 N–H and O–H groups in total. The summed E-state index contributed by atoms with van der Waals surface area (Å²) in [5.41, 5.74) is 1.24. The zero-order valence-corrected chi connectivity index (χ0v) is 27.6. The fourth-order valence-corrected chi connectivity index (χ4v) is 6.99. The predicted octanol–water partition coefficient (Wildman–Crippen LogP) is 4.55. The van der Waals surface area contributed by atoms with Crippen molar-refractivity contribution in [1.29, 1.82) is 0 Å². The molecule has 0 aliphatic carbocycles. The standard InChI is InChI=1S/C30H34Br2N4O5S/c1-4-41-26-19-24(40-2)13-14-25(26)30(29(37)35-15-17-36(18-16-35)42(3,38)39)33-27(20-5-9-22(31)10-6-20)28(34-30)21-7-11-23(32)12-8-21/h5-14,19,27-28,33-34H,4,15-18H2,1-3H3. The highest BCUT2D eigenvalue weighted by atomic mass is 79.9. The molecular weight excluding hydrogens is 688 g/mol. The Balaban J connectivity index is 1.64. The Morgan fingerprint density at radius 2 is 1.43 bits per heavy atom. The van der Waals surface area contributed by atoms with Gasteiger partial charge < -0.3 is 14.4 Å². The first-order valence-electron chi connectivity index (χ1n) is 13.7. The minimum Gasteiger partial charge on any atom is -0.497 e. The van der Waals surface area contributed by atoms with E-state index in [1.54, 1.807) is 18.1 Å². The van der Waals surface area contributed by atoms with E-state index >= 15 is 0 Å². The lowest BCUT2D eigenvalue weighted by Crippen LogP contribution is -2.62. The predicted molar refractivity (Wildman–Crippen MR) is 169 cm³/mol. The van der Waals surface area contributed by atoms with Gasteiger partial charge in [-0.3, -0.25) is 15.4 Å². The zero-order valence-electron chi connectivity index (χ0n) is 23.6. The molecule has 0 spiro atoms. The number of amides is 1. The Morgan fingerprint density at radius 1 is 0.905 bits per heavy atom. The third-order valence-electron chi connectivity index (χ3n) is 7.74. The molecule has 2 heterocycles. The van der Waals surface area contributed by atoms with Crippen molar-refractivity contribution in [1.82, 2.24) is 19.8 Å². The van der Waals surface area contributed by atoms with E-state index in [1.165, 1.54) is 10.6 Å². The SMILES string of the molecule is CCOc1cc(OC)ccc1C1(C(=O)N2CCN(S(C)(=O)=O)CC2)NC(c2ccc(Br)cc2)C(c2ccc(Br)cc2)N1. The monoisotopic (exact) mass is 720 g/mol. The van der Waals surface area contributed by atoms with Crippen molar-refractivity contribution < 1.29 is 22.7 Å². The molecule has 9 nitrogen and oxygen atoms in total. The number of nitrogens with one attached hydrogen (secondary N) is 2. The first-order chi connectivity index (χ1) is 20.1. The number of benzene rings is 3. The number of carbonyl (C=O) groups excluding carboxylic acids is 1. The zero-order chi connectivity index (χ0) is 30.1. The average molecular weight is 723 g/mol. The number of hydrogen-bond donors (Lipinski definition) is 2. The molecule has 2 aliphatic heterocycles. The molecule has 2 fully saturated rings. The van der Waals surface area contributed by atoms with Crippen molar-refractivity contribution in [2.75, 3.05) is 46.2 Å². The number of sulfonamides is 1. The lowest BCUT2D eigenvalue weighted by molar-refractivity contribution is -0.141. The smallest absolute Gasteiger partial charge is 0.262 e. The van der Waals surface area contributed by atoms with Crippen LogP contribution in [0.25, 0.3) is 0 Å². The van der Waals surface area contributed by atoms with E-state index in [9.17, 15) is 13.2 Å². The van der Waals surface area contributed by atoms with Crippen LogP contribution in [-0.2, 0) is 20.5 Å². The minimum atomic E-state index is -3.36. The van der Waals surface area contributed by atoms with Crippen LogP contribution in [0.2, 0.25) is 0 Å². The second kappa shape index (κ2) is 12.6. The summed E-state index contributed by atoms with van der Waals surface area (Å²) in [7, 11) is -1.77. The quantitative estimate of drug-likeness (QED) is 0.352. The molecule has 42 heavy (non-hydrogen) atoms. The molecule has 3 aromatic rings. The van der Waals surface area contributed by atoms with Gasteiger partial charge in [-0.05, 0) is 54.4 Å². The van der Waals surface area contributed by atoms with Gasteiger partial charge in [-0.1, -0.05) is 56.1 Å². The van der Waals surface area contributed by atoms with Crippen molar-refractivity contribution in [3.05, 3.63) is 92.4 Å². The third-order valence-corrected chi connectivity index (χ3v) is 10.1. The van der Waals surface area contributed by atoms with Crippen LogP contribution in [0.5, 0.6) is 11.5 Å². The lowest BCUT2D eigenvalue weighted by atomic mass is 9.95. The van der Waals surface area contributed by atoms with Gasteiger partial charge in [0.05, 0.1) is 32.1 Å². The number of ether oxygens (including phenoxy) is 2. The summed E-state index contributed by atoms with van der Waals surface area (Å²) in [5.74, 6) is 0.924. The molecular formula is C30H34Br2N4O5S. The van der Waals surface area contributed by atoms with Crippen molar-refractivity contribution in [3.8, 4) is 11.5 Å². The third kappa shape index (κ3) is 6.24. The van der Waals surface area contributed by atoms with Crippen LogP contribution in [0.3, 0.4) is 0 Å². The highest BCUT2D eigenvalue weighted by molar-refractivity contribution is 9.10. The van der Waals surface area contributed by atoms with Crippen molar-refractivity contribution >= 4 is 47.8 Å². The van der Waals surface area contributed by atoms with E-state index in [-0.39, 0.29) is 44.2 Å². The van der Waals surface area contributed by atoms with Crippen LogP contribution in [-0.4, -0.2) is 69.7 Å². The van der Waals surface area contributed by atoms with E-state index in [4.69, 9.17) is 9.47 Å². The summed E-state index contributed by atoms with van der Waals surface area (Å²) >= 11 is 7.08. The largest absolute Gasteiger partial charge is 0.497 e. The fraction of sp³-hybridized carbons (Fsp3) is 0.367. The summed E-state index contributed by atoms with van der Waals surface area (Å²) in [6, 6.07) is 21.0. The summed E-state index contributed by atoms with van der Waals surface area (Å²) in [6.07, 6.45) is 1.20. The van der Waals surface area contributed by atoms with Crippen LogP contribution < -0.4 is 20.1 Å². The van der Waals surface area contributed by atoms with E-state index in [1.807, 2.05) is 67.6 Å². The topological polar surface area (TPSA) is 100 Å². The summed E-state index contributed by atoms with van der Waals surface area (Å²) in [5, 5.41) is 7.43. The number of piperazine rings is 1. The van der Waals surface area contributed by atoms with Gasteiger partial charge in [-0.25, -0.2) is 8.42 Å². The Morgan fingerprint density at radius 3 is 1.88 bits per heavy atom. The molecule has 2 unspecified atom stereocenters. The number of carbonyl (C=O) groups is 1. The lowest BCUT2D eigenvalue weighted by Gasteiger charge is -2.40. The van der Waals surface area contributed by atoms with Gasteiger partial charge in [0.15, 0.2) is 5.66 Å². The average Bonchev–Trinajstić information content (AvgIpc) is 3.39. The second-order valence-corrected chi connectivity index (χ2v) is 14.2. The normalized spacial score (nSPS) is 23.1. The minimum absolute atomic E-state index is 0.205. The maximum absolute atomic E-state index is 14.8. The Bertz CT molecular complexity index is 1470. The van der Waals surface area contributed by atoms with Gasteiger partial charge in [-0.2, -0.15) is 4.31 Å². The first-order valence-corrected chi connectivity index (χ1v) is 17.1. The molecule has 2 atom stereocenters. The van der Waals surface area contributed by atoms with E-state index in [0.717, 1.165) is 20.1 Å². The number of methoxy groups -OCH3 is 1. The van der Waals surface area contributed by atoms with Crippen molar-refractivity contribution in [2.45, 2.75) is 24.7 Å².